The molecule has 0 saturated carbocycles. The number of aromatic nitrogens is 4. The molecule has 9 nitrogen and oxygen atoms in total. The van der Waals surface area contributed by atoms with E-state index in [-0.39, 0.29) is 36.2 Å². The molecule has 12 heteroatoms. The van der Waals surface area contributed by atoms with Crippen LogP contribution < -0.4 is 10.9 Å². The SMILES string of the molecule is COC(=O)CCCNC(=O)Cn1cnc2c(cnn2-c2cccc(C(F)(F)F)c2)c1=O. The second-order valence-corrected chi connectivity index (χ2v) is 6.55. The zero-order chi connectivity index (χ0) is 22.6. The van der Waals surface area contributed by atoms with Crippen LogP contribution in [0.5, 0.6) is 0 Å². The van der Waals surface area contributed by atoms with Gasteiger partial charge in [-0.2, -0.15) is 18.3 Å². The van der Waals surface area contributed by atoms with Crippen LogP contribution in [-0.4, -0.2) is 44.9 Å². The summed E-state index contributed by atoms with van der Waals surface area (Å²) in [5, 5.41) is 6.61. The molecule has 0 aliphatic carbocycles. The third kappa shape index (κ3) is 5.08. The lowest BCUT2D eigenvalue weighted by molar-refractivity contribution is -0.141. The quantitative estimate of drug-likeness (QED) is 0.445. The van der Waals surface area contributed by atoms with Gasteiger partial charge in [0.25, 0.3) is 5.56 Å². The molecule has 1 aromatic carbocycles. The number of alkyl halides is 3. The van der Waals surface area contributed by atoms with Crippen LogP contribution in [0.3, 0.4) is 0 Å². The van der Waals surface area contributed by atoms with Gasteiger partial charge in [0, 0.05) is 13.0 Å². The van der Waals surface area contributed by atoms with E-state index in [1.165, 1.54) is 25.4 Å². The van der Waals surface area contributed by atoms with Gasteiger partial charge in [-0.25, -0.2) is 9.67 Å². The first-order valence-electron chi connectivity index (χ1n) is 9.15. The second kappa shape index (κ2) is 8.98. The van der Waals surface area contributed by atoms with Gasteiger partial charge in [-0.3, -0.25) is 19.0 Å². The first-order chi connectivity index (χ1) is 14.7. The highest BCUT2D eigenvalue weighted by Gasteiger charge is 2.30. The van der Waals surface area contributed by atoms with Crippen molar-refractivity contribution in [3.8, 4) is 5.69 Å². The third-order valence-electron chi connectivity index (χ3n) is 4.39. The molecule has 2 aromatic heterocycles. The normalized spacial score (nSPS) is 11.5. The molecule has 1 N–H and O–H groups in total. The molecule has 164 valence electrons. The average molecular weight is 437 g/mol. The van der Waals surface area contributed by atoms with Crippen molar-refractivity contribution in [3.05, 3.63) is 52.7 Å². The van der Waals surface area contributed by atoms with Gasteiger partial charge in [-0.15, -0.1) is 0 Å². The molecule has 3 rings (SSSR count). The van der Waals surface area contributed by atoms with E-state index in [0.717, 1.165) is 27.7 Å². The number of esters is 1. The van der Waals surface area contributed by atoms with Gasteiger partial charge >= 0.3 is 12.1 Å². The van der Waals surface area contributed by atoms with Gasteiger partial charge in [0.05, 0.1) is 24.6 Å². The summed E-state index contributed by atoms with van der Waals surface area (Å²) < 4.78 is 45.6. The standard InChI is InChI=1S/C19H18F3N5O4/c1-31-16(29)6-3-7-23-15(28)10-26-11-24-17-14(18(26)30)9-25-27(17)13-5-2-4-12(8-13)19(20,21)22/h2,4-5,8-9,11H,3,6-7,10H2,1H3,(H,23,28). The molecule has 0 bridgehead atoms. The van der Waals surface area contributed by atoms with Gasteiger partial charge in [0.2, 0.25) is 5.91 Å². The van der Waals surface area contributed by atoms with Crippen molar-refractivity contribution in [1.29, 1.82) is 0 Å². The molecule has 0 saturated heterocycles. The zero-order valence-corrected chi connectivity index (χ0v) is 16.3. The molecule has 1 amide bonds. The summed E-state index contributed by atoms with van der Waals surface area (Å²) in [6.45, 7) is -0.0828. The lowest BCUT2D eigenvalue weighted by Gasteiger charge is -2.09. The monoisotopic (exact) mass is 437 g/mol. The van der Waals surface area contributed by atoms with Crippen molar-refractivity contribution in [1.82, 2.24) is 24.6 Å². The largest absolute Gasteiger partial charge is 0.469 e. The van der Waals surface area contributed by atoms with E-state index in [1.807, 2.05) is 0 Å². The summed E-state index contributed by atoms with van der Waals surface area (Å²) in [5.74, 6) is -0.851. The number of nitrogens with zero attached hydrogens (tertiary/aromatic N) is 4. The number of ether oxygens (including phenoxy) is 1. The van der Waals surface area contributed by atoms with Crippen LogP contribution in [-0.2, 0) is 27.0 Å². The molecule has 0 aliphatic rings. The molecule has 0 fully saturated rings. The molecule has 0 spiro atoms. The summed E-state index contributed by atoms with van der Waals surface area (Å²) >= 11 is 0. The molecule has 31 heavy (non-hydrogen) atoms. The van der Waals surface area contributed by atoms with Crippen molar-refractivity contribution < 1.29 is 27.5 Å². The number of nitrogens with one attached hydrogen (secondary N) is 1. The van der Waals surface area contributed by atoms with Crippen molar-refractivity contribution in [2.24, 2.45) is 0 Å². The highest BCUT2D eigenvalue weighted by Crippen LogP contribution is 2.30. The van der Waals surface area contributed by atoms with Crippen molar-refractivity contribution in [3.63, 3.8) is 0 Å². The molecule has 0 atom stereocenters. The van der Waals surface area contributed by atoms with E-state index in [2.05, 4.69) is 20.1 Å². The van der Waals surface area contributed by atoms with Crippen molar-refractivity contribution in [2.75, 3.05) is 13.7 Å². The minimum absolute atomic E-state index is 0.0541. The van der Waals surface area contributed by atoms with Crippen LogP contribution in [0, 0.1) is 0 Å². The van der Waals surface area contributed by atoms with E-state index < -0.39 is 29.2 Å². The number of benzene rings is 1. The second-order valence-electron chi connectivity index (χ2n) is 6.55. The summed E-state index contributed by atoms with van der Waals surface area (Å²) in [6, 6.07) is 4.48. The summed E-state index contributed by atoms with van der Waals surface area (Å²) in [6.07, 6.45) is -1.67. The Hall–Kier alpha value is -3.70. The average Bonchev–Trinajstić information content (AvgIpc) is 3.17. The molecule has 0 aliphatic heterocycles. The lowest BCUT2D eigenvalue weighted by Crippen LogP contribution is -2.33. The molecular weight excluding hydrogens is 419 g/mol. The Bertz CT molecular complexity index is 1170. The molecular formula is C19H18F3N5O4. The summed E-state index contributed by atoms with van der Waals surface area (Å²) in [5.41, 5.74) is -1.25. The number of fused-ring (bicyclic) bond motifs is 1. The van der Waals surface area contributed by atoms with Crippen LogP contribution in [0.15, 0.2) is 41.6 Å². The number of rotatable bonds is 7. The topological polar surface area (TPSA) is 108 Å². The Kier molecular flexibility index (Phi) is 6.37. The Morgan fingerprint density at radius 3 is 2.74 bits per heavy atom. The zero-order valence-electron chi connectivity index (χ0n) is 16.3. The first kappa shape index (κ1) is 22.0. The molecule has 0 radical (unpaired) electrons. The van der Waals surface area contributed by atoms with Gasteiger partial charge < -0.3 is 10.1 Å². The fourth-order valence-corrected chi connectivity index (χ4v) is 2.84. The van der Waals surface area contributed by atoms with Gasteiger partial charge in [0.15, 0.2) is 5.65 Å². The van der Waals surface area contributed by atoms with Crippen molar-refractivity contribution in [2.45, 2.75) is 25.6 Å². The highest BCUT2D eigenvalue weighted by atomic mass is 19.4. The maximum absolute atomic E-state index is 13.0. The number of hydrogen-bond acceptors (Lipinski definition) is 6. The number of amides is 1. The van der Waals surface area contributed by atoms with Gasteiger partial charge in [0.1, 0.15) is 18.3 Å². The number of methoxy groups -OCH3 is 1. The van der Waals surface area contributed by atoms with E-state index >= 15 is 0 Å². The summed E-state index contributed by atoms with van der Waals surface area (Å²) in [4.78, 5) is 39.8. The highest BCUT2D eigenvalue weighted by molar-refractivity contribution is 5.78. The number of carbonyl (C=O) groups is 2. The van der Waals surface area contributed by atoms with Gasteiger partial charge in [-0.1, -0.05) is 6.07 Å². The third-order valence-corrected chi connectivity index (χ3v) is 4.39. The van der Waals surface area contributed by atoms with E-state index in [4.69, 9.17) is 0 Å². The molecule has 3 aromatic rings. The molecule has 2 heterocycles. The fraction of sp³-hybridized carbons (Fsp3) is 0.316. The Morgan fingerprint density at radius 2 is 2.03 bits per heavy atom. The predicted octanol–water partition coefficient (Wildman–Crippen LogP) is 1.67. The minimum Gasteiger partial charge on any atom is -0.469 e. The lowest BCUT2D eigenvalue weighted by atomic mass is 10.2. The number of carbonyl (C=O) groups excluding carboxylic acids is 2. The van der Waals surface area contributed by atoms with Crippen molar-refractivity contribution >= 4 is 22.9 Å². The van der Waals surface area contributed by atoms with E-state index in [0.29, 0.717) is 6.42 Å². The van der Waals surface area contributed by atoms with Crippen LogP contribution in [0.25, 0.3) is 16.7 Å². The summed E-state index contributed by atoms with van der Waals surface area (Å²) in [7, 11) is 1.27. The Balaban J connectivity index is 1.77. The van der Waals surface area contributed by atoms with Crippen LogP contribution in [0.4, 0.5) is 13.2 Å². The predicted molar refractivity (Wildman–Crippen MR) is 102 cm³/mol. The number of hydrogen-bond donors (Lipinski definition) is 1. The van der Waals surface area contributed by atoms with Crippen LogP contribution in [0.2, 0.25) is 0 Å². The first-order valence-corrected chi connectivity index (χ1v) is 9.15. The Morgan fingerprint density at radius 1 is 1.26 bits per heavy atom. The van der Waals surface area contributed by atoms with Crippen LogP contribution >= 0.6 is 0 Å². The maximum atomic E-state index is 13.0. The molecule has 0 unspecified atom stereocenters. The number of halogens is 3. The maximum Gasteiger partial charge on any atom is 0.416 e. The van der Waals surface area contributed by atoms with E-state index in [9.17, 15) is 27.6 Å². The van der Waals surface area contributed by atoms with E-state index in [1.54, 1.807) is 0 Å². The Labute approximate surface area is 173 Å². The van der Waals surface area contributed by atoms with Crippen LogP contribution in [0.1, 0.15) is 18.4 Å². The smallest absolute Gasteiger partial charge is 0.416 e. The fourth-order valence-electron chi connectivity index (χ4n) is 2.84. The van der Waals surface area contributed by atoms with Gasteiger partial charge in [-0.05, 0) is 24.6 Å². The minimum atomic E-state index is -4.52.